The molecule has 1 aliphatic rings. The van der Waals surface area contributed by atoms with Crippen molar-refractivity contribution >= 4 is 19.9 Å². The van der Waals surface area contributed by atoms with E-state index in [0.29, 0.717) is 0 Å². The number of hydrogen-bond donors (Lipinski definition) is 1. The summed E-state index contributed by atoms with van der Waals surface area (Å²) in [4.78, 5) is 0. The second-order valence-electron chi connectivity index (χ2n) is 5.18. The lowest BCUT2D eigenvalue weighted by Gasteiger charge is -2.29. The van der Waals surface area contributed by atoms with Gasteiger partial charge in [0, 0.05) is 5.03 Å². The molecule has 0 amide bonds. The van der Waals surface area contributed by atoms with Crippen molar-refractivity contribution in [2.75, 3.05) is 0 Å². The molecule has 1 rings (SSSR count). The van der Waals surface area contributed by atoms with Gasteiger partial charge in [-0.05, 0) is 45.0 Å². The van der Waals surface area contributed by atoms with E-state index in [1.165, 1.54) is 0 Å². The Morgan fingerprint density at radius 2 is 2.06 bits per heavy atom. The summed E-state index contributed by atoms with van der Waals surface area (Å²) in [6.45, 7) is 8.25. The van der Waals surface area contributed by atoms with Crippen molar-refractivity contribution in [3.8, 4) is 0 Å². The monoisotopic (exact) mass is 260 g/mol. The van der Waals surface area contributed by atoms with Crippen molar-refractivity contribution in [2.45, 2.75) is 51.6 Å². The summed E-state index contributed by atoms with van der Waals surface area (Å²) in [6.07, 6.45) is 4.93. The van der Waals surface area contributed by atoms with Crippen LogP contribution in [-0.2, 0) is 4.43 Å². The van der Waals surface area contributed by atoms with E-state index in [2.05, 4.69) is 19.6 Å². The molecule has 0 unspecified atom stereocenters. The Morgan fingerprint density at radius 1 is 1.44 bits per heavy atom. The predicted octanol–water partition coefficient (Wildman–Crippen LogP) is 3.43. The molecule has 4 heteroatoms. The van der Waals surface area contributed by atoms with Crippen LogP contribution in [0.2, 0.25) is 19.6 Å². The van der Waals surface area contributed by atoms with Crippen LogP contribution in [0.25, 0.3) is 0 Å². The number of halogens is 1. The van der Waals surface area contributed by atoms with Gasteiger partial charge in [0.05, 0.1) is 6.10 Å². The van der Waals surface area contributed by atoms with Crippen LogP contribution in [0.15, 0.2) is 22.8 Å². The fourth-order valence-electron chi connectivity index (χ4n) is 1.79. The van der Waals surface area contributed by atoms with E-state index in [-0.39, 0.29) is 6.10 Å². The summed E-state index contributed by atoms with van der Waals surface area (Å²) in [5.41, 5.74) is 0.818. The molecule has 0 radical (unpaired) electrons. The first-order valence-corrected chi connectivity index (χ1v) is 9.51. The molecule has 2 atom stereocenters. The summed E-state index contributed by atoms with van der Waals surface area (Å²) in [6, 6.07) is 0. The van der Waals surface area contributed by atoms with Gasteiger partial charge >= 0.3 is 0 Å². The molecule has 0 aromatic heterocycles. The third-order valence-corrected chi connectivity index (χ3v) is 3.93. The summed E-state index contributed by atoms with van der Waals surface area (Å²) in [7, 11) is -1.62. The number of rotatable bonds is 4. The second-order valence-corrected chi connectivity index (χ2v) is 10.1. The van der Waals surface area contributed by atoms with E-state index in [1.807, 2.05) is 19.1 Å². The van der Waals surface area contributed by atoms with Crippen LogP contribution < -0.4 is 0 Å². The summed E-state index contributed by atoms with van der Waals surface area (Å²) in [5, 5.41) is 10.9. The Hall–Kier alpha value is -0.0931. The quantitative estimate of drug-likeness (QED) is 0.785. The fraction of sp³-hybridized carbons (Fsp3) is 0.667. The second kappa shape index (κ2) is 5.49. The van der Waals surface area contributed by atoms with E-state index in [4.69, 9.17) is 16.0 Å². The first-order chi connectivity index (χ1) is 7.31. The number of hydrogen-bond acceptors (Lipinski definition) is 2. The van der Waals surface area contributed by atoms with Gasteiger partial charge in [0.1, 0.15) is 6.10 Å². The Bertz CT molecular complexity index is 305. The Balaban J connectivity index is 2.70. The van der Waals surface area contributed by atoms with Crippen LogP contribution in [0.1, 0.15) is 19.8 Å². The highest BCUT2D eigenvalue weighted by Gasteiger charge is 2.26. The Labute approximate surface area is 104 Å². The van der Waals surface area contributed by atoms with Crippen LogP contribution in [0.3, 0.4) is 0 Å². The van der Waals surface area contributed by atoms with Gasteiger partial charge in [0.25, 0.3) is 0 Å². The Kier molecular flexibility index (Phi) is 4.80. The van der Waals surface area contributed by atoms with Gasteiger partial charge in [-0.25, -0.2) is 0 Å². The molecule has 2 nitrogen and oxygen atoms in total. The molecule has 0 saturated carbocycles. The SMILES string of the molecule is C[C@H](O[Si](C)(C)C)[C@@H](O)C1=C(Cl)CCC=C1. The third kappa shape index (κ3) is 4.05. The molecule has 0 fully saturated rings. The van der Waals surface area contributed by atoms with Gasteiger partial charge in [0.15, 0.2) is 8.32 Å². The van der Waals surface area contributed by atoms with E-state index in [0.717, 1.165) is 23.4 Å². The van der Waals surface area contributed by atoms with Crippen LogP contribution in [0.5, 0.6) is 0 Å². The molecular formula is C12H21ClO2Si. The van der Waals surface area contributed by atoms with Crippen molar-refractivity contribution in [3.63, 3.8) is 0 Å². The molecule has 0 saturated heterocycles. The largest absolute Gasteiger partial charge is 0.412 e. The minimum atomic E-state index is -1.62. The van der Waals surface area contributed by atoms with E-state index >= 15 is 0 Å². The molecule has 92 valence electrons. The maximum absolute atomic E-state index is 10.2. The summed E-state index contributed by atoms with van der Waals surface area (Å²) in [5.74, 6) is 0. The van der Waals surface area contributed by atoms with E-state index in [9.17, 15) is 5.11 Å². The predicted molar refractivity (Wildman–Crippen MR) is 71.2 cm³/mol. The van der Waals surface area contributed by atoms with Gasteiger partial charge in [-0.15, -0.1) is 0 Å². The van der Waals surface area contributed by atoms with Crippen molar-refractivity contribution in [1.29, 1.82) is 0 Å². The van der Waals surface area contributed by atoms with Crippen molar-refractivity contribution < 1.29 is 9.53 Å². The van der Waals surface area contributed by atoms with Gasteiger partial charge in [-0.1, -0.05) is 23.8 Å². The minimum absolute atomic E-state index is 0.196. The van der Waals surface area contributed by atoms with E-state index in [1.54, 1.807) is 0 Å². The molecule has 0 bridgehead atoms. The zero-order valence-corrected chi connectivity index (χ0v) is 12.2. The normalized spacial score (nSPS) is 21.1. The first-order valence-electron chi connectivity index (χ1n) is 5.72. The molecule has 0 aromatic carbocycles. The average Bonchev–Trinajstić information content (AvgIpc) is 2.15. The van der Waals surface area contributed by atoms with Gasteiger partial charge < -0.3 is 9.53 Å². The number of aliphatic hydroxyl groups excluding tert-OH is 1. The van der Waals surface area contributed by atoms with Crippen LogP contribution in [-0.4, -0.2) is 25.6 Å². The van der Waals surface area contributed by atoms with Crippen LogP contribution >= 0.6 is 11.6 Å². The summed E-state index contributed by atoms with van der Waals surface area (Å²) < 4.78 is 5.86. The molecular weight excluding hydrogens is 240 g/mol. The van der Waals surface area contributed by atoms with Crippen LogP contribution in [0, 0.1) is 0 Å². The zero-order chi connectivity index (χ0) is 12.3. The van der Waals surface area contributed by atoms with Crippen molar-refractivity contribution in [1.82, 2.24) is 0 Å². The summed E-state index contributed by atoms with van der Waals surface area (Å²) >= 11 is 6.12. The standard InChI is InChI=1S/C12H21ClO2Si/c1-9(15-16(2,3)4)12(14)10-7-5-6-8-11(10)13/h5,7,9,12,14H,6,8H2,1-4H3/t9-,12+/m0/s1. The minimum Gasteiger partial charge on any atom is -0.412 e. The fourth-order valence-corrected chi connectivity index (χ4v) is 3.32. The Morgan fingerprint density at radius 3 is 2.56 bits per heavy atom. The maximum Gasteiger partial charge on any atom is 0.184 e. The molecule has 0 spiro atoms. The number of allylic oxidation sites excluding steroid dienone is 2. The molecule has 0 heterocycles. The number of aliphatic hydroxyl groups is 1. The van der Waals surface area contributed by atoms with Crippen LogP contribution in [0.4, 0.5) is 0 Å². The highest BCUT2D eigenvalue weighted by molar-refractivity contribution is 6.69. The third-order valence-electron chi connectivity index (χ3n) is 2.44. The molecule has 0 aliphatic heterocycles. The first kappa shape index (κ1) is 14.0. The molecule has 1 N–H and O–H groups in total. The lowest BCUT2D eigenvalue weighted by molar-refractivity contribution is 0.0684. The average molecular weight is 261 g/mol. The van der Waals surface area contributed by atoms with Gasteiger partial charge in [-0.3, -0.25) is 0 Å². The maximum atomic E-state index is 10.2. The lowest BCUT2D eigenvalue weighted by Crippen LogP contribution is -2.38. The highest BCUT2D eigenvalue weighted by Crippen LogP contribution is 2.27. The molecule has 0 aromatic rings. The van der Waals surface area contributed by atoms with Crippen molar-refractivity contribution in [3.05, 3.63) is 22.8 Å². The molecule has 16 heavy (non-hydrogen) atoms. The molecule has 1 aliphatic carbocycles. The highest BCUT2D eigenvalue weighted by atomic mass is 35.5. The van der Waals surface area contributed by atoms with E-state index < -0.39 is 14.4 Å². The van der Waals surface area contributed by atoms with Crippen molar-refractivity contribution in [2.24, 2.45) is 0 Å². The van der Waals surface area contributed by atoms with Gasteiger partial charge in [-0.2, -0.15) is 0 Å². The smallest absolute Gasteiger partial charge is 0.184 e. The van der Waals surface area contributed by atoms with Gasteiger partial charge in [0.2, 0.25) is 0 Å². The zero-order valence-electron chi connectivity index (χ0n) is 10.5. The lowest BCUT2D eigenvalue weighted by atomic mass is 9.99. The topological polar surface area (TPSA) is 29.5 Å².